The zero-order valence-corrected chi connectivity index (χ0v) is 13.3. The molecular weight excluding hydrogens is 361 g/mol. The summed E-state index contributed by atoms with van der Waals surface area (Å²) in [5, 5.41) is 0. The second kappa shape index (κ2) is 5.95. The lowest BCUT2D eigenvalue weighted by Gasteiger charge is -2.17. The normalized spacial score (nSPS) is 18.2. The molecule has 1 amide bonds. The predicted molar refractivity (Wildman–Crippen MR) is 88.9 cm³/mol. The second-order valence-corrected chi connectivity index (χ2v) is 6.40. The Hall–Kier alpha value is -1.36. The van der Waals surface area contributed by atoms with E-state index in [0.29, 0.717) is 5.92 Å². The highest BCUT2D eigenvalue weighted by Crippen LogP contribution is 2.27. The highest BCUT2D eigenvalue weighted by molar-refractivity contribution is 14.1. The molecule has 2 aromatic carbocycles. The minimum Gasteiger partial charge on any atom is -0.338 e. The standard InChI is InChI=1S/C17H16INO/c18-16-8-6-14(7-9-16)17(20)19-11-10-15(12-19)13-4-2-1-3-5-13/h1-9,15H,10-12H2. The third-order valence-electron chi connectivity index (χ3n) is 3.84. The van der Waals surface area contributed by atoms with Gasteiger partial charge in [0.15, 0.2) is 0 Å². The van der Waals surface area contributed by atoms with Crippen LogP contribution in [-0.2, 0) is 0 Å². The van der Waals surface area contributed by atoms with Gasteiger partial charge in [-0.1, -0.05) is 30.3 Å². The van der Waals surface area contributed by atoms with Crippen molar-refractivity contribution < 1.29 is 4.79 Å². The van der Waals surface area contributed by atoms with E-state index in [2.05, 4.69) is 46.9 Å². The van der Waals surface area contributed by atoms with Crippen LogP contribution in [0.2, 0.25) is 0 Å². The van der Waals surface area contributed by atoms with Gasteiger partial charge in [0.05, 0.1) is 0 Å². The van der Waals surface area contributed by atoms with Gasteiger partial charge in [0, 0.05) is 28.1 Å². The SMILES string of the molecule is O=C(c1ccc(I)cc1)N1CCC(c2ccccc2)C1. The number of amides is 1. The third kappa shape index (κ3) is 2.87. The third-order valence-corrected chi connectivity index (χ3v) is 4.56. The summed E-state index contributed by atoms with van der Waals surface area (Å²) in [6.45, 7) is 1.68. The van der Waals surface area contributed by atoms with Gasteiger partial charge in [0.1, 0.15) is 0 Å². The van der Waals surface area contributed by atoms with Crippen LogP contribution in [0.15, 0.2) is 54.6 Å². The van der Waals surface area contributed by atoms with E-state index in [1.165, 1.54) is 5.56 Å². The van der Waals surface area contributed by atoms with E-state index in [1.807, 2.05) is 35.2 Å². The molecular formula is C17H16INO. The first-order valence-corrected chi connectivity index (χ1v) is 7.92. The maximum atomic E-state index is 12.5. The number of rotatable bonds is 2. The van der Waals surface area contributed by atoms with Crippen LogP contribution in [0.3, 0.4) is 0 Å². The van der Waals surface area contributed by atoms with Gasteiger partial charge in [-0.25, -0.2) is 0 Å². The summed E-state index contributed by atoms with van der Waals surface area (Å²) in [5.41, 5.74) is 2.13. The summed E-state index contributed by atoms with van der Waals surface area (Å²) in [6, 6.07) is 18.3. The lowest BCUT2D eigenvalue weighted by atomic mass is 9.99. The first-order chi connectivity index (χ1) is 9.74. The number of hydrogen-bond donors (Lipinski definition) is 0. The molecule has 102 valence electrons. The van der Waals surface area contributed by atoms with Crippen LogP contribution >= 0.6 is 22.6 Å². The molecule has 20 heavy (non-hydrogen) atoms. The summed E-state index contributed by atoms with van der Waals surface area (Å²) in [6.07, 6.45) is 1.06. The molecule has 1 fully saturated rings. The molecule has 2 nitrogen and oxygen atoms in total. The van der Waals surface area contributed by atoms with Crippen LogP contribution in [0.4, 0.5) is 0 Å². The number of benzene rings is 2. The molecule has 1 saturated heterocycles. The number of halogens is 1. The summed E-state index contributed by atoms with van der Waals surface area (Å²) in [7, 11) is 0. The monoisotopic (exact) mass is 377 g/mol. The number of likely N-dealkylation sites (tertiary alicyclic amines) is 1. The van der Waals surface area contributed by atoms with Gasteiger partial charge < -0.3 is 4.90 Å². The van der Waals surface area contributed by atoms with Crippen LogP contribution in [0.5, 0.6) is 0 Å². The topological polar surface area (TPSA) is 20.3 Å². The Bertz CT molecular complexity index is 594. The fourth-order valence-corrected chi connectivity index (χ4v) is 3.08. The first-order valence-electron chi connectivity index (χ1n) is 6.84. The van der Waals surface area contributed by atoms with E-state index in [1.54, 1.807) is 0 Å². The molecule has 0 aromatic heterocycles. The van der Waals surface area contributed by atoms with Crippen LogP contribution < -0.4 is 0 Å². The second-order valence-electron chi connectivity index (χ2n) is 5.15. The van der Waals surface area contributed by atoms with Crippen molar-refractivity contribution in [2.24, 2.45) is 0 Å². The Morgan fingerprint density at radius 1 is 1.05 bits per heavy atom. The lowest BCUT2D eigenvalue weighted by molar-refractivity contribution is 0.0791. The number of nitrogens with zero attached hydrogens (tertiary/aromatic N) is 1. The van der Waals surface area contributed by atoms with Crippen molar-refractivity contribution in [3.05, 3.63) is 69.3 Å². The van der Waals surface area contributed by atoms with Crippen LogP contribution in [-0.4, -0.2) is 23.9 Å². The van der Waals surface area contributed by atoms with Crippen molar-refractivity contribution in [2.45, 2.75) is 12.3 Å². The average molecular weight is 377 g/mol. The Balaban J connectivity index is 1.71. The first kappa shape index (κ1) is 13.6. The maximum absolute atomic E-state index is 12.5. The van der Waals surface area contributed by atoms with E-state index < -0.39 is 0 Å². The molecule has 1 unspecified atom stereocenters. The van der Waals surface area contributed by atoms with E-state index in [0.717, 1.165) is 28.6 Å². The van der Waals surface area contributed by atoms with Crippen molar-refractivity contribution in [1.29, 1.82) is 0 Å². The smallest absolute Gasteiger partial charge is 0.253 e. The summed E-state index contributed by atoms with van der Waals surface area (Å²) in [4.78, 5) is 14.4. The fourth-order valence-electron chi connectivity index (χ4n) is 2.72. The number of hydrogen-bond acceptors (Lipinski definition) is 1. The largest absolute Gasteiger partial charge is 0.338 e. The lowest BCUT2D eigenvalue weighted by Crippen LogP contribution is -2.28. The molecule has 1 aliphatic heterocycles. The van der Waals surface area contributed by atoms with Crippen LogP contribution in [0.25, 0.3) is 0 Å². The van der Waals surface area contributed by atoms with Crippen molar-refractivity contribution in [3.8, 4) is 0 Å². The van der Waals surface area contributed by atoms with Gasteiger partial charge >= 0.3 is 0 Å². The van der Waals surface area contributed by atoms with Crippen molar-refractivity contribution in [3.63, 3.8) is 0 Å². The minimum absolute atomic E-state index is 0.153. The highest BCUT2D eigenvalue weighted by Gasteiger charge is 2.27. The van der Waals surface area contributed by atoms with Crippen LogP contribution in [0.1, 0.15) is 28.3 Å². The number of carbonyl (C=O) groups is 1. The quantitative estimate of drug-likeness (QED) is 0.727. The van der Waals surface area contributed by atoms with Gasteiger partial charge in [-0.2, -0.15) is 0 Å². The van der Waals surface area contributed by atoms with Gasteiger partial charge in [-0.15, -0.1) is 0 Å². The zero-order valence-electron chi connectivity index (χ0n) is 11.1. The predicted octanol–water partition coefficient (Wildman–Crippen LogP) is 3.92. The van der Waals surface area contributed by atoms with Gasteiger partial charge in [-0.05, 0) is 58.8 Å². The van der Waals surface area contributed by atoms with Crippen molar-refractivity contribution in [1.82, 2.24) is 4.90 Å². The molecule has 3 heteroatoms. The molecule has 0 radical (unpaired) electrons. The molecule has 1 aliphatic rings. The average Bonchev–Trinajstić information content (AvgIpc) is 2.98. The molecule has 0 saturated carbocycles. The molecule has 0 N–H and O–H groups in total. The molecule has 0 spiro atoms. The number of carbonyl (C=O) groups excluding carboxylic acids is 1. The minimum atomic E-state index is 0.153. The van der Waals surface area contributed by atoms with E-state index in [-0.39, 0.29) is 5.91 Å². The van der Waals surface area contributed by atoms with E-state index in [9.17, 15) is 4.79 Å². The van der Waals surface area contributed by atoms with Gasteiger partial charge in [0.2, 0.25) is 0 Å². The summed E-state index contributed by atoms with van der Waals surface area (Å²) < 4.78 is 1.16. The molecule has 0 bridgehead atoms. The van der Waals surface area contributed by atoms with Gasteiger partial charge in [-0.3, -0.25) is 4.79 Å². The van der Waals surface area contributed by atoms with E-state index >= 15 is 0 Å². The van der Waals surface area contributed by atoms with Crippen molar-refractivity contribution >= 4 is 28.5 Å². The summed E-state index contributed by atoms with van der Waals surface area (Å²) >= 11 is 2.25. The van der Waals surface area contributed by atoms with Crippen LogP contribution in [0, 0.1) is 3.57 Å². The van der Waals surface area contributed by atoms with E-state index in [4.69, 9.17) is 0 Å². The summed E-state index contributed by atoms with van der Waals surface area (Å²) in [5.74, 6) is 0.629. The van der Waals surface area contributed by atoms with Crippen molar-refractivity contribution in [2.75, 3.05) is 13.1 Å². The van der Waals surface area contributed by atoms with Gasteiger partial charge in [0.25, 0.3) is 5.91 Å². The molecule has 0 aliphatic carbocycles. The maximum Gasteiger partial charge on any atom is 0.253 e. The zero-order chi connectivity index (χ0) is 13.9. The Kier molecular flexibility index (Phi) is 4.05. The molecule has 2 aromatic rings. The Morgan fingerprint density at radius 2 is 1.75 bits per heavy atom. The molecule has 1 atom stereocenters. The highest BCUT2D eigenvalue weighted by atomic mass is 127. The molecule has 1 heterocycles. The fraction of sp³-hybridized carbons (Fsp3) is 0.235. The Morgan fingerprint density at radius 3 is 2.45 bits per heavy atom. The molecule has 3 rings (SSSR count). The Labute approximate surface area is 132 Å².